The van der Waals surface area contributed by atoms with Gasteiger partial charge < -0.3 is 10.7 Å². The molecule has 0 amide bonds. The summed E-state index contributed by atoms with van der Waals surface area (Å²) in [6.45, 7) is 0. The second-order valence-electron chi connectivity index (χ2n) is 3.69. The minimum Gasteiger partial charge on any atom is -0.368 e. The van der Waals surface area contributed by atoms with E-state index in [2.05, 4.69) is 19.9 Å². The van der Waals surface area contributed by atoms with Gasteiger partial charge in [-0.2, -0.15) is 4.98 Å². The van der Waals surface area contributed by atoms with Crippen molar-refractivity contribution in [2.75, 3.05) is 5.73 Å². The van der Waals surface area contributed by atoms with Crippen LogP contribution in [0.25, 0.3) is 22.4 Å². The van der Waals surface area contributed by atoms with E-state index in [1.165, 1.54) is 18.5 Å². The molecular formula is C11H7ClFN5. The van der Waals surface area contributed by atoms with Gasteiger partial charge in [-0.05, 0) is 18.2 Å². The largest absolute Gasteiger partial charge is 0.368 e. The van der Waals surface area contributed by atoms with Crippen molar-refractivity contribution in [3.05, 3.63) is 35.4 Å². The average molecular weight is 264 g/mol. The van der Waals surface area contributed by atoms with Crippen LogP contribution in [0.15, 0.2) is 24.5 Å². The number of hydrogen-bond acceptors (Lipinski definition) is 4. The minimum absolute atomic E-state index is 0.0741. The number of aromatic nitrogens is 4. The molecule has 3 aromatic rings. The molecule has 18 heavy (non-hydrogen) atoms. The Morgan fingerprint density at radius 2 is 2.06 bits per heavy atom. The van der Waals surface area contributed by atoms with Crippen molar-refractivity contribution in [1.29, 1.82) is 0 Å². The number of benzene rings is 1. The Hall–Kier alpha value is -2.21. The van der Waals surface area contributed by atoms with Crippen molar-refractivity contribution in [2.24, 2.45) is 0 Å². The summed E-state index contributed by atoms with van der Waals surface area (Å²) in [5, 5.41) is 0.287. The van der Waals surface area contributed by atoms with E-state index in [9.17, 15) is 4.39 Å². The van der Waals surface area contributed by atoms with E-state index < -0.39 is 5.82 Å². The van der Waals surface area contributed by atoms with Crippen LogP contribution in [-0.4, -0.2) is 19.9 Å². The van der Waals surface area contributed by atoms with Gasteiger partial charge in [0.1, 0.15) is 17.0 Å². The Labute approximate surface area is 106 Å². The lowest BCUT2D eigenvalue weighted by Gasteiger charge is -2.04. The summed E-state index contributed by atoms with van der Waals surface area (Å²) < 4.78 is 13.4. The van der Waals surface area contributed by atoms with E-state index in [1.807, 2.05) is 0 Å². The van der Waals surface area contributed by atoms with Gasteiger partial charge in [0.25, 0.3) is 0 Å². The average Bonchev–Trinajstić information content (AvgIpc) is 2.74. The highest BCUT2D eigenvalue weighted by Gasteiger charge is 2.12. The van der Waals surface area contributed by atoms with Gasteiger partial charge >= 0.3 is 0 Å². The van der Waals surface area contributed by atoms with Crippen LogP contribution in [-0.2, 0) is 0 Å². The van der Waals surface area contributed by atoms with Crippen LogP contribution in [0.4, 0.5) is 10.3 Å². The molecule has 0 saturated heterocycles. The van der Waals surface area contributed by atoms with Crippen LogP contribution in [0.2, 0.25) is 5.02 Å². The van der Waals surface area contributed by atoms with Crippen molar-refractivity contribution in [2.45, 2.75) is 0 Å². The van der Waals surface area contributed by atoms with Gasteiger partial charge in [-0.1, -0.05) is 11.6 Å². The molecule has 0 radical (unpaired) electrons. The third kappa shape index (κ3) is 1.76. The van der Waals surface area contributed by atoms with Crippen molar-refractivity contribution in [3.63, 3.8) is 0 Å². The first-order valence-corrected chi connectivity index (χ1v) is 5.44. The molecule has 0 aliphatic heterocycles. The van der Waals surface area contributed by atoms with E-state index >= 15 is 0 Å². The number of rotatable bonds is 1. The third-order valence-corrected chi connectivity index (χ3v) is 2.66. The first-order chi connectivity index (χ1) is 8.63. The molecule has 5 nitrogen and oxygen atoms in total. The Balaban J connectivity index is 2.33. The van der Waals surface area contributed by atoms with Crippen LogP contribution in [0.3, 0.4) is 0 Å². The van der Waals surface area contributed by atoms with Crippen LogP contribution in [0.1, 0.15) is 0 Å². The zero-order valence-corrected chi connectivity index (χ0v) is 9.74. The number of nitrogen functional groups attached to an aromatic ring is 1. The van der Waals surface area contributed by atoms with Gasteiger partial charge in [-0.25, -0.2) is 14.4 Å². The van der Waals surface area contributed by atoms with Crippen molar-refractivity contribution in [1.82, 2.24) is 19.9 Å². The van der Waals surface area contributed by atoms with E-state index in [1.54, 1.807) is 6.07 Å². The van der Waals surface area contributed by atoms with E-state index in [0.29, 0.717) is 22.4 Å². The maximum Gasteiger partial charge on any atom is 0.222 e. The smallest absolute Gasteiger partial charge is 0.222 e. The summed E-state index contributed by atoms with van der Waals surface area (Å²) in [6.07, 6.45) is 1.48. The van der Waals surface area contributed by atoms with Gasteiger partial charge in [-0.3, -0.25) is 0 Å². The number of fused-ring (bicyclic) bond motifs is 1. The fourth-order valence-electron chi connectivity index (χ4n) is 1.75. The number of nitrogens with zero attached hydrogens (tertiary/aromatic N) is 3. The Bertz CT molecular complexity index is 719. The summed E-state index contributed by atoms with van der Waals surface area (Å²) in [5.74, 6) is -0.368. The number of H-pyrrole nitrogens is 1. The number of aromatic amines is 1. The monoisotopic (exact) mass is 263 g/mol. The number of halogens is 2. The maximum absolute atomic E-state index is 13.4. The van der Waals surface area contributed by atoms with Crippen LogP contribution in [0.5, 0.6) is 0 Å². The quantitative estimate of drug-likeness (QED) is 0.706. The molecule has 2 aromatic heterocycles. The number of hydrogen-bond donors (Lipinski definition) is 2. The molecule has 0 aliphatic rings. The lowest BCUT2D eigenvalue weighted by atomic mass is 10.1. The SMILES string of the molecule is Nc1nc(-c2cc(F)cc(Cl)c2)c2[nH]cnc2n1. The zero-order chi connectivity index (χ0) is 12.7. The summed E-state index contributed by atoms with van der Waals surface area (Å²) in [4.78, 5) is 15.0. The lowest BCUT2D eigenvalue weighted by molar-refractivity contribution is 0.628. The highest BCUT2D eigenvalue weighted by atomic mass is 35.5. The molecule has 1 aromatic carbocycles. The van der Waals surface area contributed by atoms with Gasteiger partial charge in [0.2, 0.25) is 5.95 Å². The molecule has 3 rings (SSSR count). The highest BCUT2D eigenvalue weighted by molar-refractivity contribution is 6.30. The van der Waals surface area contributed by atoms with Crippen molar-refractivity contribution in [3.8, 4) is 11.3 Å². The van der Waals surface area contributed by atoms with Crippen LogP contribution in [0, 0.1) is 5.82 Å². The Kier molecular flexibility index (Phi) is 2.38. The van der Waals surface area contributed by atoms with Gasteiger partial charge in [0, 0.05) is 10.6 Å². The molecule has 0 atom stereocenters. The molecule has 2 heterocycles. The molecule has 7 heteroatoms. The standard InChI is InChI=1S/C11H7ClFN5/c12-6-1-5(2-7(13)3-6)8-9-10(16-4-15-9)18-11(14)17-8/h1-4H,(H3,14,15,16,17,18). The van der Waals surface area contributed by atoms with Crippen molar-refractivity contribution >= 4 is 28.7 Å². The van der Waals surface area contributed by atoms with Crippen LogP contribution >= 0.6 is 11.6 Å². The Morgan fingerprint density at radius 1 is 1.22 bits per heavy atom. The molecule has 0 unspecified atom stereocenters. The number of nitrogens with one attached hydrogen (secondary N) is 1. The van der Waals surface area contributed by atoms with Gasteiger partial charge in [0.15, 0.2) is 5.65 Å². The first kappa shape index (κ1) is 10.9. The lowest BCUT2D eigenvalue weighted by Crippen LogP contribution is -1.98. The molecular weight excluding hydrogens is 257 g/mol. The first-order valence-electron chi connectivity index (χ1n) is 5.06. The number of nitrogens with two attached hydrogens (primary N) is 1. The topological polar surface area (TPSA) is 80.5 Å². The van der Waals surface area contributed by atoms with E-state index in [4.69, 9.17) is 17.3 Å². The Morgan fingerprint density at radius 3 is 2.83 bits per heavy atom. The predicted octanol–water partition coefficient (Wildman–Crippen LogP) is 2.39. The second-order valence-corrected chi connectivity index (χ2v) is 4.13. The molecule has 0 saturated carbocycles. The zero-order valence-electron chi connectivity index (χ0n) is 8.98. The number of anilines is 1. The highest BCUT2D eigenvalue weighted by Crippen LogP contribution is 2.27. The fourth-order valence-corrected chi connectivity index (χ4v) is 1.97. The number of imidazole rings is 1. The molecule has 90 valence electrons. The minimum atomic E-state index is -0.442. The maximum atomic E-state index is 13.4. The summed E-state index contributed by atoms with van der Waals surface area (Å²) >= 11 is 5.82. The predicted molar refractivity (Wildman–Crippen MR) is 66.5 cm³/mol. The molecule has 3 N–H and O–H groups in total. The molecule has 0 aliphatic carbocycles. The normalized spacial score (nSPS) is 11.0. The molecule has 0 fully saturated rings. The summed E-state index contributed by atoms with van der Waals surface area (Å²) in [7, 11) is 0. The fraction of sp³-hybridized carbons (Fsp3) is 0. The molecule has 0 spiro atoms. The van der Waals surface area contributed by atoms with Crippen molar-refractivity contribution < 1.29 is 4.39 Å². The summed E-state index contributed by atoms with van der Waals surface area (Å²) in [5.41, 5.74) is 7.60. The molecule has 0 bridgehead atoms. The summed E-state index contributed by atoms with van der Waals surface area (Å²) in [6, 6.07) is 4.15. The van der Waals surface area contributed by atoms with E-state index in [0.717, 1.165) is 0 Å². The van der Waals surface area contributed by atoms with E-state index in [-0.39, 0.29) is 11.0 Å². The third-order valence-electron chi connectivity index (χ3n) is 2.44. The van der Waals surface area contributed by atoms with Gasteiger partial charge in [0.05, 0.1) is 6.33 Å². The second kappa shape index (κ2) is 3.92. The van der Waals surface area contributed by atoms with Crippen LogP contribution < -0.4 is 5.73 Å². The van der Waals surface area contributed by atoms with Gasteiger partial charge in [-0.15, -0.1) is 0 Å².